The lowest BCUT2D eigenvalue weighted by Gasteiger charge is -2.70. The topological polar surface area (TPSA) is 292 Å². The number of carbonyl (C=O) groups is 2. The molecule has 3 aliphatic heterocycles. The highest BCUT2D eigenvalue weighted by Gasteiger charge is 2.71. The normalized spacial score (nSPS) is 52.7. The summed E-state index contributed by atoms with van der Waals surface area (Å²) in [6, 6.07) is 0. The van der Waals surface area contributed by atoms with Crippen molar-refractivity contribution in [2.45, 2.75) is 198 Å². The van der Waals surface area contributed by atoms with Crippen LogP contribution in [0.15, 0.2) is 11.6 Å². The molecule has 0 amide bonds. The summed E-state index contributed by atoms with van der Waals surface area (Å²) in [5, 5.41) is 105. The zero-order chi connectivity index (χ0) is 47.4. The first-order valence-electron chi connectivity index (χ1n) is 23.7. The third kappa shape index (κ3) is 7.71. The quantitative estimate of drug-likeness (QED) is 0.0628. The van der Waals surface area contributed by atoms with Crippen LogP contribution in [0.4, 0.5) is 0 Å². The predicted molar refractivity (Wildman–Crippen MR) is 225 cm³/mol. The second-order valence-electron chi connectivity index (χ2n) is 22.8. The summed E-state index contributed by atoms with van der Waals surface area (Å²) in [6.07, 6.45) is -12.1. The van der Waals surface area contributed by atoms with Crippen LogP contribution in [0, 0.1) is 50.2 Å². The van der Waals surface area contributed by atoms with Crippen molar-refractivity contribution in [3.05, 3.63) is 11.6 Å². The molecule has 0 aromatic rings. The number of esters is 1. The number of aldehydes is 1. The number of ether oxygens (including phenoxy) is 6. The monoisotopic (exact) mass is 926 g/mol. The van der Waals surface area contributed by atoms with Crippen molar-refractivity contribution in [2.24, 2.45) is 50.2 Å². The van der Waals surface area contributed by atoms with Crippen LogP contribution in [0.2, 0.25) is 0 Å². The second kappa shape index (κ2) is 17.6. The Morgan fingerprint density at radius 3 is 1.95 bits per heavy atom. The van der Waals surface area contributed by atoms with Crippen molar-refractivity contribution in [3.63, 3.8) is 0 Å². The van der Waals surface area contributed by atoms with Gasteiger partial charge in [-0.05, 0) is 104 Å². The highest BCUT2D eigenvalue weighted by atomic mass is 16.7. The van der Waals surface area contributed by atoms with Crippen LogP contribution in [0.25, 0.3) is 0 Å². The first-order valence-corrected chi connectivity index (χ1v) is 23.7. The van der Waals surface area contributed by atoms with Crippen LogP contribution in [0.1, 0.15) is 106 Å². The number of allylic oxidation sites excluding steroid dienone is 2. The fourth-order valence-corrected chi connectivity index (χ4v) is 14.7. The molecular formula is C47H74O18. The Morgan fingerprint density at radius 1 is 0.708 bits per heavy atom. The second-order valence-corrected chi connectivity index (χ2v) is 22.8. The molecule has 0 unspecified atom stereocenters. The standard InChI is InChI=1S/C47H74O18/c1-42(2)13-14-46(41(59)65-40-35(57)33(55)31(53)26(19-49)62-40)15-16-47(21-50)22(23(46)17-42)7-8-28-44(5)11-10-29(43(3,4)27(44)9-12-45(28,47)6)63-38-36(58)37(24(51)20-60-38)64-39-34(56)32(54)30(52)25(18-48)61-39/h7,21,23-40,48-49,51-58H,8-20H2,1-6H3/t23-,24-,25+,26-,27-,28+,29-,30+,31-,32-,33+,34+,35-,36+,37-,38-,39-,40-,44-,45+,46-,47-/m0/s1. The van der Waals surface area contributed by atoms with E-state index in [4.69, 9.17) is 28.4 Å². The predicted octanol–water partition coefficient (Wildman–Crippen LogP) is -0.0414. The SMILES string of the molecule is CC1(C)CC[C@]2(C(=O)O[C@@H]3O[C@@H](CO)[C@H](O)[C@@H](O)[C@@H]3O)CC[C@]3(C=O)C(=CC[C@@H]4[C@@]5(C)CC[C@H](O[C@@H]6OC[C@H](O)[C@H](O[C@@H]7O[C@H](CO)[C@@H](O)[C@H](O)[C@H]7O)[C@H]6O)C(C)(C)[C@@H]5CC[C@]43C)[C@@H]2C1. The average Bonchev–Trinajstić information content (AvgIpc) is 3.26. The molecule has 18 heteroatoms. The molecule has 3 heterocycles. The van der Waals surface area contributed by atoms with Gasteiger partial charge in [0.05, 0.1) is 36.8 Å². The van der Waals surface area contributed by atoms with Gasteiger partial charge < -0.3 is 84.3 Å². The Labute approximate surface area is 380 Å². The maximum Gasteiger partial charge on any atom is 0.315 e. The molecule has 0 bridgehead atoms. The fraction of sp³-hybridized carbons (Fsp3) is 0.915. The molecule has 8 aliphatic rings. The van der Waals surface area contributed by atoms with Crippen molar-refractivity contribution in [1.82, 2.24) is 0 Å². The number of aliphatic hydroxyl groups is 10. The molecule has 7 fully saturated rings. The maximum absolute atomic E-state index is 14.6. The molecule has 4 saturated carbocycles. The van der Waals surface area contributed by atoms with Gasteiger partial charge in [-0.15, -0.1) is 0 Å². The molecule has 0 aromatic heterocycles. The van der Waals surface area contributed by atoms with Gasteiger partial charge in [0.2, 0.25) is 6.29 Å². The van der Waals surface area contributed by atoms with E-state index >= 15 is 0 Å². The third-order valence-corrected chi connectivity index (χ3v) is 18.7. The molecule has 22 atom stereocenters. The van der Waals surface area contributed by atoms with Gasteiger partial charge in [0.1, 0.15) is 73.4 Å². The number of rotatable bonds is 9. The number of carbonyl (C=O) groups excluding carboxylic acids is 2. The molecule has 8 rings (SSSR count). The summed E-state index contributed by atoms with van der Waals surface area (Å²) in [7, 11) is 0. The first-order chi connectivity index (χ1) is 30.5. The molecule has 0 aromatic carbocycles. The lowest BCUT2D eigenvalue weighted by atomic mass is 9.33. The molecular weight excluding hydrogens is 852 g/mol. The number of hydrogen-bond acceptors (Lipinski definition) is 18. The molecule has 65 heavy (non-hydrogen) atoms. The molecule has 5 aliphatic carbocycles. The summed E-state index contributed by atoms with van der Waals surface area (Å²) in [5.74, 6) is -0.738. The van der Waals surface area contributed by atoms with E-state index in [1.54, 1.807) is 0 Å². The van der Waals surface area contributed by atoms with Gasteiger partial charge >= 0.3 is 5.97 Å². The van der Waals surface area contributed by atoms with E-state index in [9.17, 15) is 60.7 Å². The van der Waals surface area contributed by atoms with E-state index in [1.165, 1.54) is 0 Å². The Bertz CT molecular complexity index is 1790. The number of hydrogen-bond donors (Lipinski definition) is 10. The van der Waals surface area contributed by atoms with Gasteiger partial charge in [-0.1, -0.05) is 53.2 Å². The number of aliphatic hydroxyl groups excluding tert-OH is 10. The molecule has 370 valence electrons. The van der Waals surface area contributed by atoms with E-state index in [2.05, 4.69) is 47.6 Å². The van der Waals surface area contributed by atoms with Gasteiger partial charge in [-0.3, -0.25) is 4.79 Å². The third-order valence-electron chi connectivity index (χ3n) is 18.7. The summed E-state index contributed by atoms with van der Waals surface area (Å²) in [4.78, 5) is 28.8. The van der Waals surface area contributed by atoms with E-state index in [-0.39, 0.29) is 35.2 Å². The minimum Gasteiger partial charge on any atom is -0.432 e. The fourth-order valence-electron chi connectivity index (χ4n) is 14.7. The van der Waals surface area contributed by atoms with Crippen LogP contribution >= 0.6 is 0 Å². The van der Waals surface area contributed by atoms with Crippen molar-refractivity contribution in [2.75, 3.05) is 19.8 Å². The Kier molecular flexibility index (Phi) is 13.5. The van der Waals surface area contributed by atoms with Gasteiger partial charge in [0, 0.05) is 0 Å². The van der Waals surface area contributed by atoms with Gasteiger partial charge in [0.25, 0.3) is 0 Å². The van der Waals surface area contributed by atoms with Crippen LogP contribution in [0.3, 0.4) is 0 Å². The molecule has 3 saturated heterocycles. The van der Waals surface area contributed by atoms with Crippen molar-refractivity contribution in [3.8, 4) is 0 Å². The van der Waals surface area contributed by atoms with Crippen LogP contribution in [-0.2, 0) is 38.0 Å². The Morgan fingerprint density at radius 2 is 1.32 bits per heavy atom. The lowest BCUT2D eigenvalue weighted by Crippen LogP contribution is -2.67. The van der Waals surface area contributed by atoms with E-state index in [0.717, 1.165) is 37.5 Å². The number of fused-ring (bicyclic) bond motifs is 7. The van der Waals surface area contributed by atoms with Gasteiger partial charge in [-0.2, -0.15) is 0 Å². The Balaban J connectivity index is 1.02. The summed E-state index contributed by atoms with van der Waals surface area (Å²) < 4.78 is 35.4. The molecule has 0 radical (unpaired) electrons. The van der Waals surface area contributed by atoms with E-state index in [0.29, 0.717) is 38.5 Å². The largest absolute Gasteiger partial charge is 0.432 e. The molecule has 10 N–H and O–H groups in total. The summed E-state index contributed by atoms with van der Waals surface area (Å²) in [6.45, 7) is 11.7. The van der Waals surface area contributed by atoms with E-state index in [1.807, 2.05) is 0 Å². The highest BCUT2D eigenvalue weighted by molar-refractivity contribution is 5.81. The van der Waals surface area contributed by atoms with Crippen LogP contribution in [0.5, 0.6) is 0 Å². The van der Waals surface area contributed by atoms with Crippen LogP contribution < -0.4 is 0 Å². The van der Waals surface area contributed by atoms with Crippen molar-refractivity contribution >= 4 is 12.3 Å². The smallest absolute Gasteiger partial charge is 0.315 e. The van der Waals surface area contributed by atoms with Crippen molar-refractivity contribution in [1.29, 1.82) is 0 Å². The lowest BCUT2D eigenvalue weighted by molar-refractivity contribution is -0.357. The van der Waals surface area contributed by atoms with Crippen molar-refractivity contribution < 1.29 is 89.1 Å². The zero-order valence-electron chi connectivity index (χ0n) is 38.5. The van der Waals surface area contributed by atoms with Gasteiger partial charge in [-0.25, -0.2) is 0 Å². The van der Waals surface area contributed by atoms with Crippen LogP contribution in [-0.4, -0.2) is 175 Å². The molecule has 0 spiro atoms. The van der Waals surface area contributed by atoms with E-state index < -0.39 is 133 Å². The maximum atomic E-state index is 14.6. The molecule has 18 nitrogen and oxygen atoms in total. The zero-order valence-corrected chi connectivity index (χ0v) is 38.5. The van der Waals surface area contributed by atoms with Gasteiger partial charge in [0.15, 0.2) is 12.6 Å². The average molecular weight is 927 g/mol. The first kappa shape index (κ1) is 49.7. The highest BCUT2D eigenvalue weighted by Crippen LogP contribution is 2.75. The minimum atomic E-state index is -1.74. The Hall–Kier alpha value is -1.72. The summed E-state index contributed by atoms with van der Waals surface area (Å²) >= 11 is 0. The summed E-state index contributed by atoms with van der Waals surface area (Å²) in [5.41, 5.74) is -2.29. The minimum absolute atomic E-state index is 0.0797.